The summed E-state index contributed by atoms with van der Waals surface area (Å²) in [6.45, 7) is 10.5. The Balaban J connectivity index is 1.93. The van der Waals surface area contributed by atoms with Gasteiger partial charge in [0.25, 0.3) is 0 Å². The first-order valence-electron chi connectivity index (χ1n) is 6.52. The quantitative estimate of drug-likeness (QED) is 0.787. The topological polar surface area (TPSA) is 41.6 Å². The predicted octanol–water partition coefficient (Wildman–Crippen LogP) is 1.15. The van der Waals surface area contributed by atoms with Gasteiger partial charge in [-0.25, -0.2) is 0 Å². The van der Waals surface area contributed by atoms with Gasteiger partial charge in [-0.2, -0.15) is 0 Å². The van der Waals surface area contributed by atoms with E-state index in [9.17, 15) is 4.79 Å². The molecule has 17 heavy (non-hydrogen) atoms. The van der Waals surface area contributed by atoms with Gasteiger partial charge < -0.3 is 15.0 Å². The molecule has 0 spiro atoms. The van der Waals surface area contributed by atoms with Crippen molar-refractivity contribution in [2.75, 3.05) is 19.6 Å². The standard InChI is InChI=1S/C13H24N2O2/c1-12(2)6-5-10(17-12)9-15-8-7-14-13(3,4)11(15)16/h10,14H,5-9H2,1-4H3. The second-order valence-corrected chi connectivity index (χ2v) is 6.34. The molecule has 0 aromatic rings. The molecular formula is C13H24N2O2. The highest BCUT2D eigenvalue weighted by molar-refractivity contribution is 5.86. The zero-order valence-corrected chi connectivity index (χ0v) is 11.4. The van der Waals surface area contributed by atoms with Crippen molar-refractivity contribution in [3.8, 4) is 0 Å². The van der Waals surface area contributed by atoms with Gasteiger partial charge in [-0.15, -0.1) is 0 Å². The molecule has 4 heteroatoms. The van der Waals surface area contributed by atoms with Gasteiger partial charge in [-0.3, -0.25) is 4.79 Å². The van der Waals surface area contributed by atoms with Crippen molar-refractivity contribution in [1.29, 1.82) is 0 Å². The smallest absolute Gasteiger partial charge is 0.242 e. The molecule has 0 bridgehead atoms. The van der Waals surface area contributed by atoms with E-state index >= 15 is 0 Å². The molecule has 2 saturated heterocycles. The number of ether oxygens (including phenoxy) is 1. The number of hydrogen-bond donors (Lipinski definition) is 1. The second kappa shape index (κ2) is 4.25. The number of nitrogens with zero attached hydrogens (tertiary/aromatic N) is 1. The Labute approximate surface area is 104 Å². The summed E-state index contributed by atoms with van der Waals surface area (Å²) in [5.41, 5.74) is -0.441. The first-order valence-corrected chi connectivity index (χ1v) is 6.52. The summed E-state index contributed by atoms with van der Waals surface area (Å²) in [5.74, 6) is 0.192. The monoisotopic (exact) mass is 240 g/mol. The highest BCUT2D eigenvalue weighted by Crippen LogP contribution is 2.30. The zero-order chi connectivity index (χ0) is 12.7. The number of nitrogens with one attached hydrogen (secondary N) is 1. The van der Waals surface area contributed by atoms with Crippen LogP contribution in [0.3, 0.4) is 0 Å². The molecule has 2 aliphatic rings. The van der Waals surface area contributed by atoms with Crippen molar-refractivity contribution in [2.24, 2.45) is 0 Å². The molecule has 1 amide bonds. The first-order chi connectivity index (χ1) is 7.80. The Morgan fingerprint density at radius 3 is 2.71 bits per heavy atom. The summed E-state index contributed by atoms with van der Waals surface area (Å²) in [7, 11) is 0. The number of carbonyl (C=O) groups excluding carboxylic acids is 1. The van der Waals surface area contributed by atoms with Crippen LogP contribution in [0.2, 0.25) is 0 Å². The van der Waals surface area contributed by atoms with Crippen LogP contribution in [-0.4, -0.2) is 47.7 Å². The highest BCUT2D eigenvalue weighted by Gasteiger charge is 2.38. The van der Waals surface area contributed by atoms with Gasteiger partial charge in [0.1, 0.15) is 0 Å². The van der Waals surface area contributed by atoms with Crippen molar-refractivity contribution < 1.29 is 9.53 Å². The van der Waals surface area contributed by atoms with E-state index in [2.05, 4.69) is 19.2 Å². The van der Waals surface area contributed by atoms with Gasteiger partial charge in [0.2, 0.25) is 5.91 Å². The Morgan fingerprint density at radius 2 is 2.12 bits per heavy atom. The minimum atomic E-state index is -0.424. The van der Waals surface area contributed by atoms with Crippen molar-refractivity contribution in [1.82, 2.24) is 10.2 Å². The number of rotatable bonds is 2. The summed E-state index contributed by atoms with van der Waals surface area (Å²) < 4.78 is 5.95. The lowest BCUT2D eigenvalue weighted by Crippen LogP contribution is -2.62. The van der Waals surface area contributed by atoms with Crippen LogP contribution < -0.4 is 5.32 Å². The van der Waals surface area contributed by atoms with Crippen LogP contribution >= 0.6 is 0 Å². The second-order valence-electron chi connectivity index (χ2n) is 6.34. The largest absolute Gasteiger partial charge is 0.371 e. The van der Waals surface area contributed by atoms with E-state index in [1.54, 1.807) is 0 Å². The van der Waals surface area contributed by atoms with Gasteiger partial charge in [0.15, 0.2) is 0 Å². The minimum absolute atomic E-state index is 0.0166. The van der Waals surface area contributed by atoms with E-state index < -0.39 is 5.54 Å². The van der Waals surface area contributed by atoms with Crippen molar-refractivity contribution in [3.05, 3.63) is 0 Å². The molecule has 98 valence electrons. The average Bonchev–Trinajstić information content (AvgIpc) is 2.53. The number of amides is 1. The Kier molecular flexibility index (Phi) is 3.21. The van der Waals surface area contributed by atoms with Gasteiger partial charge in [-0.1, -0.05) is 0 Å². The maximum Gasteiger partial charge on any atom is 0.242 e. The lowest BCUT2D eigenvalue weighted by Gasteiger charge is -2.39. The van der Waals surface area contributed by atoms with Crippen molar-refractivity contribution >= 4 is 5.91 Å². The molecule has 0 aromatic heterocycles. The summed E-state index contributed by atoms with van der Waals surface area (Å²) >= 11 is 0. The maximum absolute atomic E-state index is 12.2. The third-order valence-corrected chi connectivity index (χ3v) is 3.75. The Morgan fingerprint density at radius 1 is 1.41 bits per heavy atom. The number of carbonyl (C=O) groups is 1. The minimum Gasteiger partial charge on any atom is -0.371 e. The fourth-order valence-electron chi connectivity index (χ4n) is 2.70. The predicted molar refractivity (Wildman–Crippen MR) is 66.8 cm³/mol. The lowest BCUT2D eigenvalue weighted by atomic mass is 10.00. The van der Waals surface area contributed by atoms with Crippen LogP contribution in [0.4, 0.5) is 0 Å². The van der Waals surface area contributed by atoms with Crippen LogP contribution in [0, 0.1) is 0 Å². The van der Waals surface area contributed by atoms with E-state index in [1.165, 1.54) is 0 Å². The number of hydrogen-bond acceptors (Lipinski definition) is 3. The Hall–Kier alpha value is -0.610. The summed E-state index contributed by atoms with van der Waals surface area (Å²) in [6, 6.07) is 0. The van der Waals surface area contributed by atoms with Crippen LogP contribution in [0.15, 0.2) is 0 Å². The van der Waals surface area contributed by atoms with Crippen molar-refractivity contribution in [3.63, 3.8) is 0 Å². The van der Waals surface area contributed by atoms with E-state index in [0.717, 1.165) is 32.5 Å². The molecule has 1 atom stereocenters. The number of piperazine rings is 1. The average molecular weight is 240 g/mol. The van der Waals surface area contributed by atoms with E-state index in [-0.39, 0.29) is 17.6 Å². The summed E-state index contributed by atoms with van der Waals surface area (Å²) in [5, 5.41) is 3.25. The third kappa shape index (κ3) is 2.80. The molecule has 0 aliphatic carbocycles. The molecule has 1 unspecified atom stereocenters. The van der Waals surface area contributed by atoms with Gasteiger partial charge in [0, 0.05) is 19.6 Å². The van der Waals surface area contributed by atoms with E-state index in [4.69, 9.17) is 4.74 Å². The summed E-state index contributed by atoms with van der Waals surface area (Å²) in [6.07, 6.45) is 2.36. The third-order valence-electron chi connectivity index (χ3n) is 3.75. The molecule has 0 saturated carbocycles. The van der Waals surface area contributed by atoms with Gasteiger partial charge in [0.05, 0.1) is 17.2 Å². The van der Waals surface area contributed by atoms with Crippen LogP contribution in [-0.2, 0) is 9.53 Å². The van der Waals surface area contributed by atoms with Crippen LogP contribution in [0.1, 0.15) is 40.5 Å². The van der Waals surface area contributed by atoms with Gasteiger partial charge in [-0.05, 0) is 40.5 Å². The molecule has 0 radical (unpaired) electrons. The SMILES string of the molecule is CC1(C)CCC(CN2CCNC(C)(C)C2=O)O1. The first kappa shape index (κ1) is 12.8. The molecule has 2 rings (SSSR count). The molecule has 2 heterocycles. The normalized spacial score (nSPS) is 31.9. The van der Waals surface area contributed by atoms with E-state index in [0.29, 0.717) is 0 Å². The van der Waals surface area contributed by atoms with Crippen LogP contribution in [0.5, 0.6) is 0 Å². The fraction of sp³-hybridized carbons (Fsp3) is 0.923. The van der Waals surface area contributed by atoms with Gasteiger partial charge >= 0.3 is 0 Å². The van der Waals surface area contributed by atoms with E-state index in [1.807, 2.05) is 18.7 Å². The highest BCUT2D eigenvalue weighted by atomic mass is 16.5. The Bertz CT molecular complexity index is 313. The maximum atomic E-state index is 12.2. The van der Waals surface area contributed by atoms with Crippen molar-refractivity contribution in [2.45, 2.75) is 57.8 Å². The fourth-order valence-corrected chi connectivity index (χ4v) is 2.70. The molecule has 2 fully saturated rings. The molecule has 0 aromatic carbocycles. The lowest BCUT2D eigenvalue weighted by molar-refractivity contribution is -0.142. The zero-order valence-electron chi connectivity index (χ0n) is 11.4. The molecular weight excluding hydrogens is 216 g/mol. The van der Waals surface area contributed by atoms with Crippen LogP contribution in [0.25, 0.3) is 0 Å². The summed E-state index contributed by atoms with van der Waals surface area (Å²) in [4.78, 5) is 14.2. The molecule has 1 N–H and O–H groups in total. The molecule has 4 nitrogen and oxygen atoms in total. The molecule has 2 aliphatic heterocycles.